The Morgan fingerprint density at radius 2 is 2.00 bits per heavy atom. The highest BCUT2D eigenvalue weighted by atomic mass is 32.2. The molecule has 0 radical (unpaired) electrons. The molecular weight excluding hydrogens is 278 g/mol. The molecule has 0 spiro atoms. The predicted molar refractivity (Wildman–Crippen MR) is 76.8 cm³/mol. The van der Waals surface area contributed by atoms with E-state index in [4.69, 9.17) is 4.42 Å². The third-order valence-electron chi connectivity index (χ3n) is 2.58. The molecule has 0 aliphatic carbocycles. The largest absolute Gasteiger partial charge is 0.468 e. The van der Waals surface area contributed by atoms with E-state index in [0.717, 1.165) is 23.0 Å². The number of benzene rings is 1. The summed E-state index contributed by atoms with van der Waals surface area (Å²) in [5.41, 5.74) is 1.93. The second kappa shape index (κ2) is 6.42. The molecule has 0 unspecified atom stereocenters. The number of hydrogen-bond donors (Lipinski definition) is 0. The van der Waals surface area contributed by atoms with Gasteiger partial charge in [-0.05, 0) is 24.3 Å². The first kappa shape index (κ1) is 14.4. The minimum absolute atomic E-state index is 0.150. The zero-order valence-electron chi connectivity index (χ0n) is 11.5. The van der Waals surface area contributed by atoms with Gasteiger partial charge in [-0.15, -0.1) is 10.2 Å². The van der Waals surface area contributed by atoms with Crippen LogP contribution in [0.3, 0.4) is 0 Å². The van der Waals surface area contributed by atoms with Crippen molar-refractivity contribution in [2.45, 2.75) is 5.22 Å². The zero-order chi connectivity index (χ0) is 14.5. The van der Waals surface area contributed by atoms with Crippen molar-refractivity contribution in [1.82, 2.24) is 10.2 Å². The lowest BCUT2D eigenvalue weighted by molar-refractivity contribution is -0.137. The Labute approximate surface area is 121 Å². The standard InChI is InChI=1S/C13H15N3O3S/c1-16(2)10-6-4-9(5-7-10)12-14-15-13(19-12)20-8-11(17)18-3/h4-7H,8H2,1-3H3. The number of ether oxygens (including phenoxy) is 1. The van der Waals surface area contributed by atoms with E-state index in [9.17, 15) is 4.79 Å². The SMILES string of the molecule is COC(=O)CSc1nnc(-c2ccc(N(C)C)cc2)o1. The first-order valence-electron chi connectivity index (χ1n) is 5.91. The highest BCUT2D eigenvalue weighted by Gasteiger charge is 2.11. The molecule has 20 heavy (non-hydrogen) atoms. The van der Waals surface area contributed by atoms with Crippen LogP contribution in [-0.2, 0) is 9.53 Å². The maximum absolute atomic E-state index is 11.0. The number of carbonyl (C=O) groups excluding carboxylic acids is 1. The Morgan fingerprint density at radius 3 is 2.60 bits per heavy atom. The van der Waals surface area contributed by atoms with E-state index in [1.165, 1.54) is 7.11 Å². The smallest absolute Gasteiger partial charge is 0.316 e. The molecule has 0 atom stereocenters. The number of rotatable bonds is 5. The molecule has 1 aromatic heterocycles. The van der Waals surface area contributed by atoms with Gasteiger partial charge in [-0.2, -0.15) is 0 Å². The quantitative estimate of drug-likeness (QED) is 0.617. The summed E-state index contributed by atoms with van der Waals surface area (Å²) in [6, 6.07) is 7.77. The van der Waals surface area contributed by atoms with Gasteiger partial charge in [0.05, 0.1) is 7.11 Å². The number of hydrogen-bond acceptors (Lipinski definition) is 7. The Morgan fingerprint density at radius 1 is 1.30 bits per heavy atom. The molecule has 0 saturated heterocycles. The molecule has 0 aliphatic heterocycles. The van der Waals surface area contributed by atoms with E-state index in [1.54, 1.807) is 0 Å². The van der Waals surface area contributed by atoms with Crippen LogP contribution >= 0.6 is 11.8 Å². The summed E-state index contributed by atoms with van der Waals surface area (Å²) in [5.74, 6) is 0.255. The van der Waals surface area contributed by atoms with Crippen molar-refractivity contribution < 1.29 is 13.9 Å². The summed E-state index contributed by atoms with van der Waals surface area (Å²) >= 11 is 1.15. The monoisotopic (exact) mass is 293 g/mol. The fourth-order valence-corrected chi connectivity index (χ4v) is 2.06. The number of thioether (sulfide) groups is 1. The second-order valence-electron chi connectivity index (χ2n) is 4.18. The van der Waals surface area contributed by atoms with Crippen LogP contribution < -0.4 is 4.90 Å². The molecular formula is C13H15N3O3S. The molecule has 0 saturated carbocycles. The van der Waals surface area contributed by atoms with Gasteiger partial charge >= 0.3 is 5.97 Å². The van der Waals surface area contributed by atoms with Crippen molar-refractivity contribution in [3.05, 3.63) is 24.3 Å². The number of anilines is 1. The van der Waals surface area contributed by atoms with Crippen molar-refractivity contribution in [2.24, 2.45) is 0 Å². The summed E-state index contributed by atoms with van der Waals surface area (Å²) in [6.45, 7) is 0. The van der Waals surface area contributed by atoms with Crippen LogP contribution in [0.4, 0.5) is 5.69 Å². The van der Waals surface area contributed by atoms with Crippen molar-refractivity contribution in [1.29, 1.82) is 0 Å². The van der Waals surface area contributed by atoms with Gasteiger partial charge in [0.2, 0.25) is 5.89 Å². The zero-order valence-corrected chi connectivity index (χ0v) is 12.3. The average molecular weight is 293 g/mol. The van der Waals surface area contributed by atoms with Gasteiger partial charge in [-0.3, -0.25) is 4.79 Å². The fraction of sp³-hybridized carbons (Fsp3) is 0.308. The molecule has 7 heteroatoms. The number of esters is 1. The van der Waals surface area contributed by atoms with Crippen LogP contribution in [0.15, 0.2) is 33.9 Å². The van der Waals surface area contributed by atoms with Gasteiger partial charge in [0.25, 0.3) is 5.22 Å². The summed E-state index contributed by atoms with van der Waals surface area (Å²) in [4.78, 5) is 13.0. The molecule has 0 N–H and O–H groups in total. The molecule has 6 nitrogen and oxygen atoms in total. The van der Waals surface area contributed by atoms with Crippen molar-refractivity contribution in [2.75, 3.05) is 31.9 Å². The van der Waals surface area contributed by atoms with Crippen LogP contribution in [0.25, 0.3) is 11.5 Å². The molecule has 1 aromatic carbocycles. The van der Waals surface area contributed by atoms with Crippen LogP contribution in [0.2, 0.25) is 0 Å². The molecule has 0 aliphatic rings. The Kier molecular flexibility index (Phi) is 4.62. The van der Waals surface area contributed by atoms with E-state index < -0.39 is 0 Å². The summed E-state index contributed by atoms with van der Waals surface area (Å²) in [5, 5.41) is 8.20. The molecule has 2 aromatic rings. The summed E-state index contributed by atoms with van der Waals surface area (Å²) < 4.78 is 10.0. The number of carbonyl (C=O) groups is 1. The van der Waals surface area contributed by atoms with Crippen LogP contribution in [0, 0.1) is 0 Å². The topological polar surface area (TPSA) is 68.5 Å². The highest BCUT2D eigenvalue weighted by molar-refractivity contribution is 7.99. The van der Waals surface area contributed by atoms with Crippen LogP contribution in [-0.4, -0.2) is 43.1 Å². The lowest BCUT2D eigenvalue weighted by Crippen LogP contribution is -2.07. The first-order valence-corrected chi connectivity index (χ1v) is 6.89. The van der Waals surface area contributed by atoms with E-state index in [-0.39, 0.29) is 11.7 Å². The normalized spacial score (nSPS) is 10.3. The maximum Gasteiger partial charge on any atom is 0.316 e. The summed E-state index contributed by atoms with van der Waals surface area (Å²) in [6.07, 6.45) is 0. The minimum Gasteiger partial charge on any atom is -0.468 e. The second-order valence-corrected chi connectivity index (χ2v) is 5.11. The molecule has 0 fully saturated rings. The number of aromatic nitrogens is 2. The summed E-state index contributed by atoms with van der Waals surface area (Å²) in [7, 11) is 5.29. The van der Waals surface area contributed by atoms with Gasteiger partial charge in [-0.25, -0.2) is 0 Å². The number of nitrogens with zero attached hydrogens (tertiary/aromatic N) is 3. The van der Waals surface area contributed by atoms with Gasteiger partial charge < -0.3 is 14.1 Å². The maximum atomic E-state index is 11.0. The van der Waals surface area contributed by atoms with Gasteiger partial charge in [0.1, 0.15) is 5.75 Å². The van der Waals surface area contributed by atoms with E-state index in [0.29, 0.717) is 11.1 Å². The van der Waals surface area contributed by atoms with E-state index >= 15 is 0 Å². The predicted octanol–water partition coefficient (Wildman–Crippen LogP) is 2.07. The van der Waals surface area contributed by atoms with Crippen molar-refractivity contribution in [3.8, 4) is 11.5 Å². The van der Waals surface area contributed by atoms with Gasteiger partial charge in [-0.1, -0.05) is 11.8 Å². The third kappa shape index (κ3) is 3.51. The highest BCUT2D eigenvalue weighted by Crippen LogP contribution is 2.24. The fourth-order valence-electron chi connectivity index (χ4n) is 1.47. The Bertz CT molecular complexity index is 581. The third-order valence-corrected chi connectivity index (χ3v) is 3.37. The van der Waals surface area contributed by atoms with Crippen molar-refractivity contribution >= 4 is 23.4 Å². The van der Waals surface area contributed by atoms with Crippen LogP contribution in [0.5, 0.6) is 0 Å². The first-order chi connectivity index (χ1) is 9.60. The minimum atomic E-state index is -0.329. The van der Waals surface area contributed by atoms with Gasteiger partial charge in [0, 0.05) is 25.3 Å². The Hall–Kier alpha value is -2.02. The average Bonchev–Trinajstić information content (AvgIpc) is 2.93. The molecule has 0 amide bonds. The Balaban J connectivity index is 2.06. The molecule has 2 rings (SSSR count). The molecule has 1 heterocycles. The lowest BCUT2D eigenvalue weighted by atomic mass is 10.2. The van der Waals surface area contributed by atoms with E-state index in [1.807, 2.05) is 43.3 Å². The molecule has 0 bridgehead atoms. The lowest BCUT2D eigenvalue weighted by Gasteiger charge is -2.11. The van der Waals surface area contributed by atoms with Gasteiger partial charge in [0.15, 0.2) is 0 Å². The van der Waals surface area contributed by atoms with Crippen LogP contribution in [0.1, 0.15) is 0 Å². The molecule has 106 valence electrons. The van der Waals surface area contributed by atoms with E-state index in [2.05, 4.69) is 14.9 Å². The van der Waals surface area contributed by atoms with Crippen molar-refractivity contribution in [3.63, 3.8) is 0 Å². The number of methoxy groups -OCH3 is 1.